The molecular formula is C51H32N2O3. The van der Waals surface area contributed by atoms with Crippen LogP contribution < -0.4 is 4.90 Å². The first kappa shape index (κ1) is 31.9. The van der Waals surface area contributed by atoms with Crippen LogP contribution in [0, 0.1) is 0 Å². The highest BCUT2D eigenvalue weighted by molar-refractivity contribution is 6.06. The summed E-state index contributed by atoms with van der Waals surface area (Å²) in [6.45, 7) is 0. The van der Waals surface area contributed by atoms with Crippen LogP contribution in [-0.2, 0) is 0 Å². The molecule has 2 aliphatic rings. The minimum atomic E-state index is 0.594. The van der Waals surface area contributed by atoms with Crippen molar-refractivity contribution in [3.8, 4) is 56.4 Å². The van der Waals surface area contributed by atoms with Gasteiger partial charge in [0.1, 0.15) is 28.2 Å². The summed E-state index contributed by atoms with van der Waals surface area (Å²) in [7, 11) is 0. The third kappa shape index (κ3) is 5.53. The normalized spacial score (nSPS) is 11.6. The summed E-state index contributed by atoms with van der Waals surface area (Å²) < 4.78 is 18.7. The molecule has 1 aliphatic heterocycles. The zero-order chi connectivity index (χ0) is 37.0. The lowest BCUT2D eigenvalue weighted by Gasteiger charge is -2.28. The van der Waals surface area contributed by atoms with Gasteiger partial charge in [-0.1, -0.05) is 97.1 Å². The Hall–Kier alpha value is -7.63. The molecule has 0 saturated heterocycles. The topological polar surface area (TPSA) is 55.6 Å². The first-order valence-corrected chi connectivity index (χ1v) is 18.7. The second-order valence-corrected chi connectivity index (χ2v) is 14.0. The largest absolute Gasteiger partial charge is 0.456 e. The van der Waals surface area contributed by atoms with Gasteiger partial charge in [-0.15, -0.1) is 0 Å². The number of oxazole rings is 1. The summed E-state index contributed by atoms with van der Waals surface area (Å²) in [4.78, 5) is 7.01. The van der Waals surface area contributed by atoms with Gasteiger partial charge in [0.15, 0.2) is 5.58 Å². The van der Waals surface area contributed by atoms with Crippen molar-refractivity contribution in [2.24, 2.45) is 0 Å². The SMILES string of the molecule is c1cc2ccc(-c3ccccc3N(c3ccc(-c4ccc(-c5ccc6c(c5)oc5ccccc56)cc4)cc3)c3ccc(-c4nc5ccccc5o4)cc3)oc-2c1. The molecule has 3 heterocycles. The molecule has 5 heteroatoms. The van der Waals surface area contributed by atoms with Crippen LogP contribution in [0.1, 0.15) is 0 Å². The fraction of sp³-hybridized carbons (Fsp3) is 0. The summed E-state index contributed by atoms with van der Waals surface area (Å²) in [5, 5.41) is 2.27. The fourth-order valence-corrected chi connectivity index (χ4v) is 7.73. The molecule has 2 aromatic heterocycles. The second kappa shape index (κ2) is 13.0. The van der Waals surface area contributed by atoms with Gasteiger partial charge in [-0.2, -0.15) is 0 Å². The number of aromatic nitrogens is 1. The monoisotopic (exact) mass is 720 g/mol. The Morgan fingerprint density at radius 3 is 1.75 bits per heavy atom. The molecule has 11 rings (SSSR count). The Bertz CT molecular complexity index is 3100. The summed E-state index contributed by atoms with van der Waals surface area (Å²) in [6.07, 6.45) is 0. The molecular weight excluding hydrogens is 689 g/mol. The summed E-state index contributed by atoms with van der Waals surface area (Å²) in [6, 6.07) is 67.0. The van der Waals surface area contributed by atoms with Crippen LogP contribution in [0.15, 0.2) is 207 Å². The van der Waals surface area contributed by atoms with Crippen LogP contribution in [0.2, 0.25) is 0 Å². The smallest absolute Gasteiger partial charge is 0.227 e. The van der Waals surface area contributed by atoms with Crippen molar-refractivity contribution >= 4 is 50.1 Å². The van der Waals surface area contributed by atoms with Gasteiger partial charge in [0, 0.05) is 38.8 Å². The van der Waals surface area contributed by atoms with E-state index in [9.17, 15) is 0 Å². The maximum Gasteiger partial charge on any atom is 0.227 e. The minimum Gasteiger partial charge on any atom is -0.456 e. The minimum absolute atomic E-state index is 0.594. The van der Waals surface area contributed by atoms with Gasteiger partial charge in [-0.3, -0.25) is 0 Å². The molecule has 0 fully saturated rings. The van der Waals surface area contributed by atoms with Crippen molar-refractivity contribution in [2.45, 2.75) is 0 Å². The van der Waals surface area contributed by atoms with Gasteiger partial charge < -0.3 is 18.2 Å². The lowest BCUT2D eigenvalue weighted by molar-refractivity contribution is 0.583. The third-order valence-electron chi connectivity index (χ3n) is 10.6. The van der Waals surface area contributed by atoms with Crippen molar-refractivity contribution < 1.29 is 13.3 Å². The molecule has 56 heavy (non-hydrogen) atoms. The number of para-hydroxylation sites is 4. The number of benzene rings is 7. The Labute approximate surface area is 322 Å². The molecule has 0 saturated carbocycles. The third-order valence-corrected chi connectivity index (χ3v) is 10.6. The van der Waals surface area contributed by atoms with Gasteiger partial charge in [-0.05, 0) is 119 Å². The zero-order valence-corrected chi connectivity index (χ0v) is 30.1. The summed E-state index contributed by atoms with van der Waals surface area (Å²) in [5.74, 6) is 2.25. The number of anilines is 3. The standard InChI is InChI=1S/C51H32N2O3/c1-4-12-45(43(10-1)48-31-25-36-8-7-15-46(36)54-48)53(40-28-22-37(23-29-40)51-52-44-11-3-6-14-49(44)56-51)39-26-20-34(21-27-39)33-16-18-35(19-17-33)38-24-30-42-41-9-2-5-13-47(41)55-50(42)32-38/h1-32H. The van der Waals surface area contributed by atoms with Crippen molar-refractivity contribution in [3.05, 3.63) is 194 Å². The quantitative estimate of drug-likeness (QED) is 0.164. The molecule has 7 aromatic carbocycles. The average Bonchev–Trinajstić information content (AvgIpc) is 4.01. The lowest BCUT2D eigenvalue weighted by Crippen LogP contribution is -2.11. The van der Waals surface area contributed by atoms with E-state index in [-0.39, 0.29) is 0 Å². The predicted octanol–water partition coefficient (Wildman–Crippen LogP) is 14.6. The van der Waals surface area contributed by atoms with Crippen molar-refractivity contribution in [1.82, 2.24) is 4.98 Å². The molecule has 0 radical (unpaired) electrons. The van der Waals surface area contributed by atoms with E-state index in [2.05, 4.69) is 150 Å². The zero-order valence-electron chi connectivity index (χ0n) is 30.1. The molecule has 0 spiro atoms. The van der Waals surface area contributed by atoms with Gasteiger partial charge in [0.2, 0.25) is 5.89 Å². The Morgan fingerprint density at radius 1 is 0.357 bits per heavy atom. The van der Waals surface area contributed by atoms with Crippen LogP contribution >= 0.6 is 0 Å². The maximum absolute atomic E-state index is 6.46. The van der Waals surface area contributed by atoms with Gasteiger partial charge in [-0.25, -0.2) is 4.98 Å². The van der Waals surface area contributed by atoms with Crippen LogP contribution in [0.25, 0.3) is 89.4 Å². The predicted molar refractivity (Wildman–Crippen MR) is 227 cm³/mol. The number of rotatable bonds is 7. The first-order chi connectivity index (χ1) is 27.7. The highest BCUT2D eigenvalue weighted by Crippen LogP contribution is 2.43. The van der Waals surface area contributed by atoms with E-state index >= 15 is 0 Å². The highest BCUT2D eigenvalue weighted by atomic mass is 16.3. The van der Waals surface area contributed by atoms with E-state index in [0.29, 0.717) is 5.89 Å². The summed E-state index contributed by atoms with van der Waals surface area (Å²) >= 11 is 0. The van der Waals surface area contributed by atoms with Gasteiger partial charge >= 0.3 is 0 Å². The van der Waals surface area contributed by atoms with E-state index in [1.807, 2.05) is 48.5 Å². The van der Waals surface area contributed by atoms with Crippen LogP contribution in [0.5, 0.6) is 0 Å². The van der Waals surface area contributed by atoms with Gasteiger partial charge in [0.05, 0.1) is 5.69 Å². The average molecular weight is 721 g/mol. The summed E-state index contributed by atoms with van der Waals surface area (Å²) in [5.41, 5.74) is 13.9. The second-order valence-electron chi connectivity index (χ2n) is 14.0. The van der Waals surface area contributed by atoms with Crippen molar-refractivity contribution in [1.29, 1.82) is 0 Å². The molecule has 0 unspecified atom stereocenters. The van der Waals surface area contributed by atoms with E-state index in [4.69, 9.17) is 18.2 Å². The molecule has 0 atom stereocenters. The fourth-order valence-electron chi connectivity index (χ4n) is 7.73. The van der Waals surface area contributed by atoms with Crippen LogP contribution in [0.4, 0.5) is 17.1 Å². The van der Waals surface area contributed by atoms with Gasteiger partial charge in [0.25, 0.3) is 0 Å². The number of hydrogen-bond donors (Lipinski definition) is 0. The molecule has 264 valence electrons. The van der Waals surface area contributed by atoms with Crippen LogP contribution in [-0.4, -0.2) is 4.98 Å². The lowest BCUT2D eigenvalue weighted by atomic mass is 9.99. The molecule has 0 bridgehead atoms. The van der Waals surface area contributed by atoms with Crippen molar-refractivity contribution in [3.63, 3.8) is 0 Å². The first-order valence-electron chi connectivity index (χ1n) is 18.7. The van der Waals surface area contributed by atoms with Crippen LogP contribution in [0.3, 0.4) is 0 Å². The van der Waals surface area contributed by atoms with E-state index in [1.54, 1.807) is 0 Å². The maximum atomic E-state index is 6.46. The molecule has 9 aromatic rings. The van der Waals surface area contributed by atoms with E-state index in [0.717, 1.165) is 101 Å². The van der Waals surface area contributed by atoms with E-state index in [1.165, 1.54) is 0 Å². The van der Waals surface area contributed by atoms with Crippen molar-refractivity contribution in [2.75, 3.05) is 4.90 Å². The number of hydrogen-bond acceptors (Lipinski definition) is 5. The number of fused-ring (bicyclic) bond motifs is 5. The number of nitrogens with zero attached hydrogens (tertiary/aromatic N) is 2. The number of furan rings is 1. The Morgan fingerprint density at radius 2 is 0.964 bits per heavy atom. The molecule has 0 N–H and O–H groups in total. The molecule has 1 aliphatic carbocycles. The van der Waals surface area contributed by atoms with E-state index < -0.39 is 0 Å². The molecule has 0 amide bonds. The Kier molecular flexibility index (Phi) is 7.42. The Balaban J connectivity index is 0.950. The highest BCUT2D eigenvalue weighted by Gasteiger charge is 2.20. The molecule has 5 nitrogen and oxygen atoms in total.